The molecule has 49 heavy (non-hydrogen) atoms. The Morgan fingerprint density at radius 3 is 1.35 bits per heavy atom. The van der Waals surface area contributed by atoms with Crippen LogP contribution in [0.4, 0.5) is 5.69 Å². The first-order valence-electron chi connectivity index (χ1n) is 16.5. The van der Waals surface area contributed by atoms with Crippen molar-refractivity contribution < 1.29 is 28.5 Å². The number of carbonyl (C=O) groups excluding carboxylic acids is 2. The zero-order valence-corrected chi connectivity index (χ0v) is 28.8. The van der Waals surface area contributed by atoms with Crippen LogP contribution in [0.25, 0.3) is 0 Å². The van der Waals surface area contributed by atoms with E-state index in [0.29, 0.717) is 61.9 Å². The summed E-state index contributed by atoms with van der Waals surface area (Å²) < 4.78 is 23.5. The molecule has 0 aromatic heterocycles. The second-order valence-corrected chi connectivity index (χ2v) is 12.8. The van der Waals surface area contributed by atoms with Crippen molar-refractivity contribution in [3.63, 3.8) is 0 Å². The van der Waals surface area contributed by atoms with Crippen molar-refractivity contribution in [3.8, 4) is 11.5 Å². The standard InChI is InChI=1S/C42H47NO6/c1-30(2)40(44)48-38-18-12-33(13-19-38)22-24-46-28-42(26-35-8-6-32(5)7-9-35,27-36-10-16-37(43)17-11-36)29-47-25-23-34-14-20-39(21-15-34)49-41(45)31(3)4/h6-21H,1,3,22-29,43H2,2,4-5H3. The van der Waals surface area contributed by atoms with Gasteiger partial charge in [0.25, 0.3) is 0 Å². The van der Waals surface area contributed by atoms with Gasteiger partial charge in [0.1, 0.15) is 11.5 Å². The molecule has 0 heterocycles. The van der Waals surface area contributed by atoms with E-state index in [2.05, 4.69) is 56.5 Å². The summed E-state index contributed by atoms with van der Waals surface area (Å²) in [6.45, 7) is 14.6. The molecule has 0 amide bonds. The van der Waals surface area contributed by atoms with Crippen molar-refractivity contribution in [1.29, 1.82) is 0 Å². The predicted octanol–water partition coefficient (Wildman–Crippen LogP) is 7.83. The van der Waals surface area contributed by atoms with E-state index in [4.69, 9.17) is 24.7 Å². The number of anilines is 1. The molecule has 7 heteroatoms. The van der Waals surface area contributed by atoms with Gasteiger partial charge in [0.15, 0.2) is 0 Å². The number of nitrogens with two attached hydrogens (primary N) is 1. The Labute approximate surface area is 290 Å². The van der Waals surface area contributed by atoms with Gasteiger partial charge < -0.3 is 24.7 Å². The predicted molar refractivity (Wildman–Crippen MR) is 195 cm³/mol. The van der Waals surface area contributed by atoms with Crippen LogP contribution in [-0.2, 0) is 44.7 Å². The number of hydrogen-bond donors (Lipinski definition) is 1. The molecular formula is C42H47NO6. The van der Waals surface area contributed by atoms with Gasteiger partial charge in [0.05, 0.1) is 26.4 Å². The number of esters is 2. The Hall–Kier alpha value is -4.98. The van der Waals surface area contributed by atoms with Gasteiger partial charge in [-0.3, -0.25) is 0 Å². The van der Waals surface area contributed by atoms with E-state index in [1.165, 1.54) is 11.1 Å². The van der Waals surface area contributed by atoms with Crippen LogP contribution in [-0.4, -0.2) is 38.4 Å². The SMILES string of the molecule is C=C(C)C(=O)Oc1ccc(CCOCC(COCCc2ccc(OC(=O)C(=C)C)cc2)(Cc2ccc(C)cc2)Cc2ccc(N)cc2)cc1. The lowest BCUT2D eigenvalue weighted by Crippen LogP contribution is -2.38. The van der Waals surface area contributed by atoms with Crippen molar-refractivity contribution in [2.24, 2.45) is 5.41 Å². The van der Waals surface area contributed by atoms with Crippen molar-refractivity contribution >= 4 is 17.6 Å². The molecule has 4 aromatic carbocycles. The Morgan fingerprint density at radius 2 is 0.959 bits per heavy atom. The lowest BCUT2D eigenvalue weighted by molar-refractivity contribution is -0.130. The molecule has 0 bridgehead atoms. The molecule has 0 spiro atoms. The highest BCUT2D eigenvalue weighted by atomic mass is 16.5. The maximum absolute atomic E-state index is 11.9. The minimum absolute atomic E-state index is 0.354. The second-order valence-electron chi connectivity index (χ2n) is 12.8. The average Bonchev–Trinajstić information content (AvgIpc) is 3.08. The van der Waals surface area contributed by atoms with Gasteiger partial charge in [0.2, 0.25) is 0 Å². The van der Waals surface area contributed by atoms with Gasteiger partial charge in [-0.25, -0.2) is 9.59 Å². The van der Waals surface area contributed by atoms with Gasteiger partial charge in [-0.1, -0.05) is 79.4 Å². The van der Waals surface area contributed by atoms with Gasteiger partial charge in [-0.15, -0.1) is 0 Å². The van der Waals surface area contributed by atoms with Crippen LogP contribution in [0, 0.1) is 12.3 Å². The molecule has 256 valence electrons. The summed E-state index contributed by atoms with van der Waals surface area (Å²) in [7, 11) is 0. The van der Waals surface area contributed by atoms with Gasteiger partial charge >= 0.3 is 11.9 Å². The van der Waals surface area contributed by atoms with Crippen molar-refractivity contribution in [3.05, 3.63) is 149 Å². The number of nitrogen functional groups attached to an aromatic ring is 1. The normalized spacial score (nSPS) is 11.2. The highest BCUT2D eigenvalue weighted by Crippen LogP contribution is 2.31. The molecule has 0 fully saturated rings. The van der Waals surface area contributed by atoms with Crippen molar-refractivity contribution in [2.45, 2.75) is 46.5 Å². The molecule has 0 saturated heterocycles. The molecule has 0 aliphatic heterocycles. The molecular weight excluding hydrogens is 614 g/mol. The van der Waals surface area contributed by atoms with Crippen LogP contribution in [0.15, 0.2) is 121 Å². The van der Waals surface area contributed by atoms with Crippen LogP contribution < -0.4 is 15.2 Å². The number of carbonyl (C=O) groups is 2. The summed E-state index contributed by atoms with van der Waals surface area (Å²) >= 11 is 0. The third kappa shape index (κ3) is 12.2. The Bertz CT molecular complexity index is 1560. The molecule has 2 N–H and O–H groups in total. The number of hydrogen-bond acceptors (Lipinski definition) is 7. The van der Waals surface area contributed by atoms with Crippen molar-refractivity contribution in [1.82, 2.24) is 0 Å². The Kier molecular flexibility index (Phi) is 13.5. The van der Waals surface area contributed by atoms with Gasteiger partial charge in [-0.2, -0.15) is 0 Å². The second kappa shape index (κ2) is 18.0. The zero-order chi connectivity index (χ0) is 35.2. The van der Waals surface area contributed by atoms with E-state index in [0.717, 1.165) is 35.2 Å². The molecule has 0 saturated carbocycles. The fourth-order valence-corrected chi connectivity index (χ4v) is 5.31. The summed E-state index contributed by atoms with van der Waals surface area (Å²) in [5, 5.41) is 0. The number of aryl methyl sites for hydroxylation is 1. The third-order valence-corrected chi connectivity index (χ3v) is 8.11. The van der Waals surface area contributed by atoms with Gasteiger partial charge in [-0.05, 0) is 105 Å². The third-order valence-electron chi connectivity index (χ3n) is 8.11. The highest BCUT2D eigenvalue weighted by molar-refractivity contribution is 5.89. The van der Waals surface area contributed by atoms with Gasteiger partial charge in [0, 0.05) is 22.2 Å². The van der Waals surface area contributed by atoms with Crippen LogP contribution in [0.5, 0.6) is 11.5 Å². The quantitative estimate of drug-likeness (QED) is 0.0382. The van der Waals surface area contributed by atoms with Crippen LogP contribution >= 0.6 is 0 Å². The average molecular weight is 662 g/mol. The monoisotopic (exact) mass is 661 g/mol. The molecule has 7 nitrogen and oxygen atoms in total. The first kappa shape index (κ1) is 36.8. The smallest absolute Gasteiger partial charge is 0.338 e. The molecule has 0 aliphatic rings. The summed E-state index contributed by atoms with van der Waals surface area (Å²) in [5.74, 6) is 0.0860. The van der Waals surface area contributed by atoms with E-state index in [-0.39, 0.29) is 5.41 Å². The minimum atomic E-state index is -0.441. The maximum atomic E-state index is 11.9. The van der Waals surface area contributed by atoms with E-state index in [9.17, 15) is 9.59 Å². The van der Waals surface area contributed by atoms with Crippen molar-refractivity contribution in [2.75, 3.05) is 32.2 Å². The summed E-state index contributed by atoms with van der Waals surface area (Å²) in [6.07, 6.45) is 2.92. The first-order valence-corrected chi connectivity index (χ1v) is 16.5. The molecule has 0 atom stereocenters. The summed E-state index contributed by atoms with van der Waals surface area (Å²) in [5.41, 5.74) is 12.8. The summed E-state index contributed by atoms with van der Waals surface area (Å²) in [4.78, 5) is 23.7. The van der Waals surface area contributed by atoms with E-state index < -0.39 is 11.9 Å². The molecule has 4 aromatic rings. The maximum Gasteiger partial charge on any atom is 0.338 e. The fraction of sp³-hybridized carbons (Fsp3) is 0.286. The molecule has 0 radical (unpaired) electrons. The lowest BCUT2D eigenvalue weighted by atomic mass is 9.77. The fourth-order valence-electron chi connectivity index (χ4n) is 5.31. The zero-order valence-electron chi connectivity index (χ0n) is 28.8. The van der Waals surface area contributed by atoms with E-state index >= 15 is 0 Å². The number of rotatable bonds is 18. The molecule has 0 unspecified atom stereocenters. The minimum Gasteiger partial charge on any atom is -0.423 e. The van der Waals surface area contributed by atoms with E-state index in [1.54, 1.807) is 38.1 Å². The number of benzene rings is 4. The van der Waals surface area contributed by atoms with Crippen LogP contribution in [0.2, 0.25) is 0 Å². The van der Waals surface area contributed by atoms with Crippen LogP contribution in [0.3, 0.4) is 0 Å². The summed E-state index contributed by atoms with van der Waals surface area (Å²) in [6, 6.07) is 31.6. The highest BCUT2D eigenvalue weighted by Gasteiger charge is 2.32. The largest absolute Gasteiger partial charge is 0.423 e. The molecule has 0 aliphatic carbocycles. The topological polar surface area (TPSA) is 97.1 Å². The lowest BCUT2D eigenvalue weighted by Gasteiger charge is -2.34. The van der Waals surface area contributed by atoms with E-state index in [1.807, 2.05) is 36.4 Å². The first-order chi connectivity index (χ1) is 23.5. The Balaban J connectivity index is 1.45. The molecule has 4 rings (SSSR count). The van der Waals surface area contributed by atoms with Crippen LogP contribution in [0.1, 0.15) is 41.7 Å². The Morgan fingerprint density at radius 1 is 0.592 bits per heavy atom. The number of ether oxygens (including phenoxy) is 4.